The molecule has 0 aliphatic heterocycles. The molecule has 0 aliphatic carbocycles. The molecule has 144 valence electrons. The van der Waals surface area contributed by atoms with Crippen LogP contribution < -0.4 is 15.7 Å². The van der Waals surface area contributed by atoms with Gasteiger partial charge in [0.15, 0.2) is 0 Å². The van der Waals surface area contributed by atoms with E-state index >= 15 is 0 Å². The van der Waals surface area contributed by atoms with E-state index in [0.717, 1.165) is 21.4 Å². The molecule has 0 spiro atoms. The van der Waals surface area contributed by atoms with Crippen LogP contribution in [0, 0.1) is 0 Å². The quantitative estimate of drug-likeness (QED) is 0.291. The Balaban J connectivity index is 2.17. The average molecular weight is 424 g/mol. The molecule has 1 atom stereocenters. The standard InChI is InChI=1S/C23H26NOPSSi/c1-5-22(28(2,3)4)23(19-16-17-27-18-19)24-26(25,20-12-8-6-9-13-20)21-14-10-7-11-15-21/h6-18,23H,1H2,2-4H3,(H,24,25). The second kappa shape index (κ2) is 8.61. The molecule has 28 heavy (non-hydrogen) atoms. The van der Waals surface area contributed by atoms with Crippen molar-refractivity contribution in [3.8, 4) is 0 Å². The molecule has 3 rings (SSSR count). The fraction of sp³-hybridized carbons (Fsp3) is 0.174. The highest BCUT2D eigenvalue weighted by molar-refractivity contribution is 7.76. The highest BCUT2D eigenvalue weighted by atomic mass is 32.1. The van der Waals surface area contributed by atoms with Gasteiger partial charge >= 0.3 is 0 Å². The van der Waals surface area contributed by atoms with E-state index in [1.165, 1.54) is 0 Å². The molecule has 1 heterocycles. The molecule has 2 aromatic carbocycles. The third-order valence-electron chi connectivity index (χ3n) is 4.71. The molecule has 0 radical (unpaired) electrons. The summed E-state index contributed by atoms with van der Waals surface area (Å²) in [6.45, 7) is 10.8. The van der Waals surface area contributed by atoms with Crippen LogP contribution in [0.1, 0.15) is 11.6 Å². The second-order valence-electron chi connectivity index (χ2n) is 7.74. The molecule has 1 N–H and O–H groups in total. The fourth-order valence-corrected chi connectivity index (χ4v) is 8.17. The normalized spacial score (nSPS) is 13.0. The molecule has 5 heteroatoms. The first kappa shape index (κ1) is 20.8. The van der Waals surface area contributed by atoms with Crippen LogP contribution in [-0.2, 0) is 4.57 Å². The van der Waals surface area contributed by atoms with Crippen molar-refractivity contribution in [2.45, 2.75) is 25.7 Å². The second-order valence-corrected chi connectivity index (χ2v) is 16.1. The predicted octanol–water partition coefficient (Wildman–Crippen LogP) is 5.90. The topological polar surface area (TPSA) is 29.1 Å². The summed E-state index contributed by atoms with van der Waals surface area (Å²) in [5, 5.41) is 10.5. The number of rotatable bonds is 7. The zero-order valence-electron chi connectivity index (χ0n) is 16.6. The van der Waals surface area contributed by atoms with Crippen molar-refractivity contribution in [3.63, 3.8) is 0 Å². The molecule has 0 saturated carbocycles. The number of hydrogen-bond acceptors (Lipinski definition) is 2. The fourth-order valence-electron chi connectivity index (χ4n) is 3.30. The van der Waals surface area contributed by atoms with Gasteiger partial charge in [-0.2, -0.15) is 11.3 Å². The van der Waals surface area contributed by atoms with Crippen LogP contribution in [0.5, 0.6) is 0 Å². The Kier molecular flexibility index (Phi) is 6.39. The van der Waals surface area contributed by atoms with Crippen LogP contribution in [0.4, 0.5) is 0 Å². The van der Waals surface area contributed by atoms with Crippen LogP contribution in [-0.4, -0.2) is 8.07 Å². The largest absolute Gasteiger partial charge is 0.296 e. The maximum Gasteiger partial charge on any atom is 0.205 e. The summed E-state index contributed by atoms with van der Waals surface area (Å²) >= 11 is 1.65. The molecule has 1 aromatic heterocycles. The molecular weight excluding hydrogens is 397 g/mol. The first-order chi connectivity index (χ1) is 13.4. The predicted molar refractivity (Wildman–Crippen MR) is 126 cm³/mol. The van der Waals surface area contributed by atoms with E-state index in [1.54, 1.807) is 11.3 Å². The van der Waals surface area contributed by atoms with Crippen molar-refractivity contribution < 1.29 is 4.57 Å². The summed E-state index contributed by atoms with van der Waals surface area (Å²) in [5.41, 5.74) is 4.32. The third kappa shape index (κ3) is 4.38. The van der Waals surface area contributed by atoms with E-state index in [2.05, 4.69) is 53.9 Å². The minimum absolute atomic E-state index is 0.179. The Morgan fingerprint density at radius 1 is 1.00 bits per heavy atom. The van der Waals surface area contributed by atoms with Gasteiger partial charge in [0.25, 0.3) is 0 Å². The smallest absolute Gasteiger partial charge is 0.205 e. The monoisotopic (exact) mass is 423 g/mol. The van der Waals surface area contributed by atoms with Crippen molar-refractivity contribution in [2.75, 3.05) is 0 Å². The highest BCUT2D eigenvalue weighted by Gasteiger charge is 2.36. The molecule has 0 amide bonds. The van der Waals surface area contributed by atoms with Crippen molar-refractivity contribution in [1.29, 1.82) is 0 Å². The van der Waals surface area contributed by atoms with Gasteiger partial charge in [0, 0.05) is 10.6 Å². The number of hydrogen-bond donors (Lipinski definition) is 1. The lowest BCUT2D eigenvalue weighted by Gasteiger charge is -2.32. The van der Waals surface area contributed by atoms with E-state index in [0.29, 0.717) is 0 Å². The van der Waals surface area contributed by atoms with Gasteiger partial charge in [-0.15, -0.1) is 5.73 Å². The Bertz CT molecular complexity index is 960. The van der Waals surface area contributed by atoms with E-state index in [-0.39, 0.29) is 6.04 Å². The maximum absolute atomic E-state index is 14.5. The summed E-state index contributed by atoms with van der Waals surface area (Å²) in [7, 11) is -4.81. The number of benzene rings is 2. The van der Waals surface area contributed by atoms with Gasteiger partial charge in [0.2, 0.25) is 7.29 Å². The summed E-state index contributed by atoms with van der Waals surface area (Å²) in [6.07, 6.45) is 0. The van der Waals surface area contributed by atoms with Crippen LogP contribution >= 0.6 is 18.6 Å². The molecular formula is C23H26NOPSSi. The van der Waals surface area contributed by atoms with E-state index in [4.69, 9.17) is 0 Å². The van der Waals surface area contributed by atoms with Gasteiger partial charge in [0.1, 0.15) is 0 Å². The lowest BCUT2D eigenvalue weighted by atomic mass is 10.1. The summed E-state index contributed by atoms with van der Waals surface area (Å²) in [5.74, 6) is 0. The molecule has 1 unspecified atom stereocenters. The molecule has 3 aromatic rings. The Morgan fingerprint density at radius 3 is 1.93 bits per heavy atom. The lowest BCUT2D eigenvalue weighted by Crippen LogP contribution is -2.37. The summed E-state index contributed by atoms with van der Waals surface area (Å²) < 4.78 is 14.5. The first-order valence-electron chi connectivity index (χ1n) is 9.28. The van der Waals surface area contributed by atoms with Crippen LogP contribution in [0.15, 0.2) is 95.0 Å². The highest BCUT2D eigenvalue weighted by Crippen LogP contribution is 2.44. The molecule has 0 aliphatic rings. The lowest BCUT2D eigenvalue weighted by molar-refractivity contribution is 0.572. The van der Waals surface area contributed by atoms with Gasteiger partial charge in [-0.05, 0) is 51.9 Å². The Hall–Kier alpha value is -1.93. The number of nitrogens with one attached hydrogen (secondary N) is 1. The zero-order chi connectivity index (χ0) is 20.2. The van der Waals surface area contributed by atoms with Gasteiger partial charge in [-0.25, -0.2) is 5.09 Å². The first-order valence-corrected chi connectivity index (χ1v) is 15.4. The van der Waals surface area contributed by atoms with Crippen LogP contribution in [0.25, 0.3) is 0 Å². The van der Waals surface area contributed by atoms with Gasteiger partial charge in [-0.1, -0.05) is 62.6 Å². The van der Waals surface area contributed by atoms with Crippen LogP contribution in [0.2, 0.25) is 19.6 Å². The minimum atomic E-state index is -3.07. The SMILES string of the molecule is C=C=C(C(NP(=O)(c1ccccc1)c1ccccc1)c1ccsc1)[Si](C)(C)C. The number of thiophene rings is 1. The Labute approximate surface area is 173 Å². The Morgan fingerprint density at radius 2 is 1.54 bits per heavy atom. The molecule has 0 fully saturated rings. The minimum Gasteiger partial charge on any atom is -0.296 e. The van der Waals surface area contributed by atoms with Crippen molar-refractivity contribution in [3.05, 3.63) is 101 Å². The average Bonchev–Trinajstić information content (AvgIpc) is 3.22. The molecule has 0 saturated heterocycles. The summed E-state index contributed by atoms with van der Waals surface area (Å²) in [6, 6.07) is 21.3. The maximum atomic E-state index is 14.5. The molecule has 0 bridgehead atoms. The third-order valence-corrected chi connectivity index (χ3v) is 10.2. The van der Waals surface area contributed by atoms with Crippen molar-refractivity contribution >= 4 is 37.3 Å². The van der Waals surface area contributed by atoms with Gasteiger partial charge < -0.3 is 0 Å². The van der Waals surface area contributed by atoms with Crippen molar-refractivity contribution in [1.82, 2.24) is 5.09 Å². The van der Waals surface area contributed by atoms with Crippen LogP contribution in [0.3, 0.4) is 0 Å². The van der Waals surface area contributed by atoms with Gasteiger partial charge in [0.05, 0.1) is 14.1 Å². The van der Waals surface area contributed by atoms with Crippen molar-refractivity contribution in [2.24, 2.45) is 0 Å². The van der Waals surface area contributed by atoms with E-state index in [1.807, 2.05) is 60.7 Å². The van der Waals surface area contributed by atoms with Gasteiger partial charge in [-0.3, -0.25) is 4.57 Å². The van der Waals surface area contributed by atoms with E-state index in [9.17, 15) is 4.57 Å². The molecule has 2 nitrogen and oxygen atoms in total. The zero-order valence-corrected chi connectivity index (χ0v) is 19.3. The van der Waals surface area contributed by atoms with E-state index < -0.39 is 15.4 Å². The summed E-state index contributed by atoms with van der Waals surface area (Å²) in [4.78, 5) is 0.